The standard InChI is InChI=1S/C23H20F5N3O6/c24-12-5-9(6-13(25)16(12)26)10-3-1-2-4-14(10)29-22(36)11-7-31(30-17(11)21(27)28)23-20(35)19(34)18(33)15(8-32)37-23/h1-7,15,18-21,23,32-35H,8H2,(H,29,36). The summed E-state index contributed by atoms with van der Waals surface area (Å²) in [4.78, 5) is 13.0. The number of hydrogen-bond acceptors (Lipinski definition) is 7. The topological polar surface area (TPSA) is 137 Å². The van der Waals surface area contributed by atoms with Gasteiger partial charge in [-0.15, -0.1) is 0 Å². The van der Waals surface area contributed by atoms with Gasteiger partial charge in [0.1, 0.15) is 30.1 Å². The number of benzene rings is 2. The molecule has 0 bridgehead atoms. The van der Waals surface area contributed by atoms with E-state index in [4.69, 9.17) is 4.74 Å². The molecule has 2 heterocycles. The molecule has 5 unspecified atom stereocenters. The molecule has 37 heavy (non-hydrogen) atoms. The summed E-state index contributed by atoms with van der Waals surface area (Å²) in [7, 11) is 0. The quantitative estimate of drug-likeness (QED) is 0.244. The molecule has 9 nitrogen and oxygen atoms in total. The monoisotopic (exact) mass is 529 g/mol. The SMILES string of the molecule is O=C(Nc1ccccc1-c1cc(F)c(F)c(F)c1)c1cn(C2OC(CO)C(O)C(O)C2O)nc1C(F)F. The van der Waals surface area contributed by atoms with Crippen molar-refractivity contribution in [3.8, 4) is 11.1 Å². The number of rotatable bonds is 6. The van der Waals surface area contributed by atoms with Gasteiger partial charge in [0.05, 0.1) is 12.2 Å². The summed E-state index contributed by atoms with van der Waals surface area (Å²) in [5, 5.41) is 45.4. The lowest BCUT2D eigenvalue weighted by Gasteiger charge is -2.39. The van der Waals surface area contributed by atoms with Crippen molar-refractivity contribution in [1.29, 1.82) is 0 Å². The lowest BCUT2D eigenvalue weighted by atomic mass is 9.98. The Morgan fingerprint density at radius 2 is 1.70 bits per heavy atom. The molecule has 3 aromatic rings. The van der Waals surface area contributed by atoms with Gasteiger partial charge in [-0.1, -0.05) is 18.2 Å². The first-order valence-electron chi connectivity index (χ1n) is 10.8. The molecular formula is C23H20F5N3O6. The van der Waals surface area contributed by atoms with Crippen LogP contribution in [0.25, 0.3) is 11.1 Å². The van der Waals surface area contributed by atoms with Crippen LogP contribution >= 0.6 is 0 Å². The van der Waals surface area contributed by atoms with E-state index in [0.29, 0.717) is 16.8 Å². The Bertz CT molecular complexity index is 1280. The maximum atomic E-state index is 13.8. The number of aliphatic hydroxyl groups is 4. The molecule has 1 aliphatic heterocycles. The Labute approximate surface area is 205 Å². The summed E-state index contributed by atoms with van der Waals surface area (Å²) in [6, 6.07) is 6.98. The van der Waals surface area contributed by atoms with E-state index in [1.165, 1.54) is 24.3 Å². The number of aliphatic hydroxyl groups excluding tert-OH is 4. The van der Waals surface area contributed by atoms with E-state index in [9.17, 15) is 47.2 Å². The van der Waals surface area contributed by atoms with Gasteiger partial charge >= 0.3 is 0 Å². The predicted octanol–water partition coefficient (Wildman–Crippen LogP) is 2.13. The molecule has 0 spiro atoms. The molecule has 0 aliphatic carbocycles. The number of aromatic nitrogens is 2. The van der Waals surface area contributed by atoms with Gasteiger partial charge in [0.2, 0.25) is 0 Å². The Kier molecular flexibility index (Phi) is 7.57. The largest absolute Gasteiger partial charge is 0.394 e. The lowest BCUT2D eigenvalue weighted by Crippen LogP contribution is -2.56. The zero-order chi connectivity index (χ0) is 27.0. The Hall–Kier alpha value is -3.43. The van der Waals surface area contributed by atoms with E-state index in [1.807, 2.05) is 0 Å². The van der Waals surface area contributed by atoms with Gasteiger partial charge in [0.15, 0.2) is 23.7 Å². The van der Waals surface area contributed by atoms with Crippen molar-refractivity contribution in [2.45, 2.75) is 37.1 Å². The van der Waals surface area contributed by atoms with Crippen molar-refractivity contribution in [2.24, 2.45) is 0 Å². The number of ether oxygens (including phenoxy) is 1. The van der Waals surface area contributed by atoms with Crippen molar-refractivity contribution in [3.05, 3.63) is 71.3 Å². The van der Waals surface area contributed by atoms with E-state index < -0.39 is 78.3 Å². The summed E-state index contributed by atoms with van der Waals surface area (Å²) in [6.45, 7) is -0.779. The van der Waals surface area contributed by atoms with E-state index in [1.54, 1.807) is 0 Å². The van der Waals surface area contributed by atoms with Crippen LogP contribution in [0.4, 0.5) is 27.6 Å². The van der Waals surface area contributed by atoms with Crippen LogP contribution in [0.5, 0.6) is 0 Å². The van der Waals surface area contributed by atoms with Crippen molar-refractivity contribution >= 4 is 11.6 Å². The molecule has 0 radical (unpaired) electrons. The number of amides is 1. The third kappa shape index (κ3) is 5.06. The fraction of sp³-hybridized carbons (Fsp3) is 0.304. The predicted molar refractivity (Wildman–Crippen MR) is 116 cm³/mol. The zero-order valence-corrected chi connectivity index (χ0v) is 18.6. The molecule has 198 valence electrons. The summed E-state index contributed by atoms with van der Waals surface area (Å²) >= 11 is 0. The second-order valence-corrected chi connectivity index (χ2v) is 8.18. The molecule has 5 N–H and O–H groups in total. The average molecular weight is 529 g/mol. The summed E-state index contributed by atoms with van der Waals surface area (Å²) < 4.78 is 74.3. The summed E-state index contributed by atoms with van der Waals surface area (Å²) in [5.74, 6) is -5.76. The third-order valence-electron chi connectivity index (χ3n) is 5.81. The highest BCUT2D eigenvalue weighted by atomic mass is 19.3. The molecule has 0 saturated carbocycles. The van der Waals surface area contributed by atoms with Crippen molar-refractivity contribution < 1.29 is 51.9 Å². The van der Waals surface area contributed by atoms with Gasteiger partial charge in [0.25, 0.3) is 12.3 Å². The minimum absolute atomic E-state index is 0.0496. The maximum absolute atomic E-state index is 13.8. The van der Waals surface area contributed by atoms with Crippen LogP contribution in [-0.2, 0) is 4.74 Å². The minimum atomic E-state index is -3.28. The second kappa shape index (κ2) is 10.5. The summed E-state index contributed by atoms with van der Waals surface area (Å²) in [5.41, 5.74) is -1.84. The van der Waals surface area contributed by atoms with Crippen LogP contribution in [0.3, 0.4) is 0 Å². The third-order valence-corrected chi connectivity index (χ3v) is 5.81. The maximum Gasteiger partial charge on any atom is 0.282 e. The van der Waals surface area contributed by atoms with E-state index >= 15 is 0 Å². The highest BCUT2D eigenvalue weighted by molar-refractivity contribution is 6.07. The number of para-hydroxylation sites is 1. The van der Waals surface area contributed by atoms with Gasteiger partial charge in [-0.25, -0.2) is 26.6 Å². The molecule has 14 heteroatoms. The molecule has 5 atom stereocenters. The highest BCUT2D eigenvalue weighted by Gasteiger charge is 2.45. The van der Waals surface area contributed by atoms with Crippen LogP contribution in [0, 0.1) is 17.5 Å². The first kappa shape index (κ1) is 26.6. The zero-order valence-electron chi connectivity index (χ0n) is 18.6. The molecule has 2 aromatic carbocycles. The second-order valence-electron chi connectivity index (χ2n) is 8.18. The van der Waals surface area contributed by atoms with Gasteiger partial charge < -0.3 is 30.5 Å². The molecular weight excluding hydrogens is 509 g/mol. The first-order valence-corrected chi connectivity index (χ1v) is 10.8. The van der Waals surface area contributed by atoms with Crippen molar-refractivity contribution in [2.75, 3.05) is 11.9 Å². The number of anilines is 1. The fourth-order valence-corrected chi connectivity index (χ4v) is 3.92. The Morgan fingerprint density at radius 3 is 2.32 bits per heavy atom. The number of carbonyl (C=O) groups excluding carboxylic acids is 1. The molecule has 4 rings (SSSR count). The number of alkyl halides is 2. The Balaban J connectivity index is 1.68. The number of carbonyl (C=O) groups is 1. The normalized spacial score (nSPS) is 23.9. The van der Waals surface area contributed by atoms with Gasteiger partial charge in [-0.3, -0.25) is 4.79 Å². The molecule has 1 saturated heterocycles. The van der Waals surface area contributed by atoms with Gasteiger partial charge in [-0.2, -0.15) is 5.10 Å². The summed E-state index contributed by atoms with van der Waals surface area (Å²) in [6.07, 6.45) is -10.9. The van der Waals surface area contributed by atoms with Gasteiger partial charge in [0, 0.05) is 17.4 Å². The number of hydrogen-bond donors (Lipinski definition) is 5. The van der Waals surface area contributed by atoms with E-state index in [-0.39, 0.29) is 16.8 Å². The first-order chi connectivity index (χ1) is 17.5. The average Bonchev–Trinajstić information content (AvgIpc) is 3.32. The lowest BCUT2D eigenvalue weighted by molar-refractivity contribution is -0.254. The fourth-order valence-electron chi connectivity index (χ4n) is 3.92. The van der Waals surface area contributed by atoms with Crippen molar-refractivity contribution in [1.82, 2.24) is 9.78 Å². The van der Waals surface area contributed by atoms with Crippen LogP contribution in [-0.4, -0.2) is 67.1 Å². The number of nitrogens with zero attached hydrogens (tertiary/aromatic N) is 2. The van der Waals surface area contributed by atoms with E-state index in [0.717, 1.165) is 6.20 Å². The number of halogens is 5. The Morgan fingerprint density at radius 1 is 1.05 bits per heavy atom. The van der Waals surface area contributed by atoms with E-state index in [2.05, 4.69) is 10.4 Å². The van der Waals surface area contributed by atoms with Crippen LogP contribution in [0.15, 0.2) is 42.6 Å². The van der Waals surface area contributed by atoms with Crippen LogP contribution in [0.1, 0.15) is 28.7 Å². The van der Waals surface area contributed by atoms with Crippen molar-refractivity contribution in [3.63, 3.8) is 0 Å². The smallest absolute Gasteiger partial charge is 0.282 e. The van der Waals surface area contributed by atoms with Crippen LogP contribution in [0.2, 0.25) is 0 Å². The minimum Gasteiger partial charge on any atom is -0.394 e. The highest BCUT2D eigenvalue weighted by Crippen LogP contribution is 2.33. The van der Waals surface area contributed by atoms with Gasteiger partial charge in [-0.05, 0) is 23.8 Å². The number of nitrogens with one attached hydrogen (secondary N) is 1. The molecule has 1 aliphatic rings. The van der Waals surface area contributed by atoms with Crippen LogP contribution < -0.4 is 5.32 Å². The molecule has 1 amide bonds. The molecule has 1 aromatic heterocycles. The molecule has 1 fully saturated rings.